The fourth-order valence-electron chi connectivity index (χ4n) is 2.33. The minimum atomic E-state index is -0.265. The van der Waals surface area contributed by atoms with Gasteiger partial charge in [0.25, 0.3) is 0 Å². The SMILES string of the molecule is CC(=O)OC[C@@H]1CC[C@@H](COCCOCc2ccccc2)O1. The third-order valence-electron chi connectivity index (χ3n) is 3.46. The van der Waals surface area contributed by atoms with E-state index < -0.39 is 0 Å². The predicted molar refractivity (Wildman–Crippen MR) is 81.4 cm³/mol. The van der Waals surface area contributed by atoms with E-state index in [1.807, 2.05) is 30.3 Å². The van der Waals surface area contributed by atoms with Crippen LogP contribution in [0.15, 0.2) is 30.3 Å². The molecule has 0 bridgehead atoms. The summed E-state index contributed by atoms with van der Waals surface area (Å²) in [5.74, 6) is -0.265. The highest BCUT2D eigenvalue weighted by atomic mass is 16.6. The summed E-state index contributed by atoms with van der Waals surface area (Å²) in [6.07, 6.45) is 1.95. The summed E-state index contributed by atoms with van der Waals surface area (Å²) in [5, 5.41) is 0. The number of hydrogen-bond donors (Lipinski definition) is 0. The van der Waals surface area contributed by atoms with Gasteiger partial charge in [-0.15, -0.1) is 0 Å². The van der Waals surface area contributed by atoms with Gasteiger partial charge in [-0.2, -0.15) is 0 Å². The lowest BCUT2D eigenvalue weighted by Gasteiger charge is -2.14. The number of benzene rings is 1. The lowest BCUT2D eigenvalue weighted by Crippen LogP contribution is -2.22. The maximum absolute atomic E-state index is 10.7. The number of esters is 1. The number of carbonyl (C=O) groups is 1. The van der Waals surface area contributed by atoms with Gasteiger partial charge < -0.3 is 18.9 Å². The fourth-order valence-corrected chi connectivity index (χ4v) is 2.33. The number of ether oxygens (including phenoxy) is 4. The van der Waals surface area contributed by atoms with E-state index in [2.05, 4.69) is 0 Å². The van der Waals surface area contributed by atoms with E-state index in [0.717, 1.165) is 18.4 Å². The van der Waals surface area contributed by atoms with Crippen LogP contribution in [-0.4, -0.2) is 44.6 Å². The van der Waals surface area contributed by atoms with Gasteiger partial charge in [0.2, 0.25) is 0 Å². The molecule has 1 saturated heterocycles. The van der Waals surface area contributed by atoms with Gasteiger partial charge in [-0.05, 0) is 18.4 Å². The van der Waals surface area contributed by atoms with Crippen LogP contribution in [-0.2, 0) is 30.3 Å². The van der Waals surface area contributed by atoms with Crippen molar-refractivity contribution in [2.75, 3.05) is 26.4 Å². The quantitative estimate of drug-likeness (QED) is 0.518. The van der Waals surface area contributed by atoms with Crippen molar-refractivity contribution in [3.05, 3.63) is 35.9 Å². The van der Waals surface area contributed by atoms with Crippen LogP contribution in [0.4, 0.5) is 0 Å². The van der Waals surface area contributed by atoms with Crippen molar-refractivity contribution in [1.29, 1.82) is 0 Å². The van der Waals surface area contributed by atoms with Crippen LogP contribution in [0.3, 0.4) is 0 Å². The maximum atomic E-state index is 10.7. The van der Waals surface area contributed by atoms with Crippen LogP contribution >= 0.6 is 0 Å². The standard InChI is InChI=1S/C17H24O5/c1-14(18)21-13-17-8-7-16(22-17)12-20-10-9-19-11-15-5-3-2-4-6-15/h2-6,16-17H,7-13H2,1H3/t16-,17-/m0/s1. The molecular formula is C17H24O5. The molecule has 2 rings (SSSR count). The smallest absolute Gasteiger partial charge is 0.302 e. The predicted octanol–water partition coefficient (Wildman–Crippen LogP) is 2.33. The molecule has 1 aromatic rings. The monoisotopic (exact) mass is 308 g/mol. The van der Waals surface area contributed by atoms with Crippen molar-refractivity contribution in [2.45, 2.75) is 38.6 Å². The molecular weight excluding hydrogens is 284 g/mol. The fraction of sp³-hybridized carbons (Fsp3) is 0.588. The van der Waals surface area contributed by atoms with Gasteiger partial charge in [0, 0.05) is 6.92 Å². The first-order valence-electron chi connectivity index (χ1n) is 7.72. The zero-order valence-electron chi connectivity index (χ0n) is 13.0. The molecule has 1 fully saturated rings. The second kappa shape index (κ2) is 9.56. The van der Waals surface area contributed by atoms with Crippen molar-refractivity contribution >= 4 is 5.97 Å². The molecule has 0 radical (unpaired) electrons. The Labute approximate surface area is 131 Å². The van der Waals surface area contributed by atoms with Crippen LogP contribution in [0.2, 0.25) is 0 Å². The Bertz CT molecular complexity index is 434. The van der Waals surface area contributed by atoms with Crippen LogP contribution in [0.5, 0.6) is 0 Å². The van der Waals surface area contributed by atoms with Crippen LogP contribution in [0.25, 0.3) is 0 Å². The molecule has 0 N–H and O–H groups in total. The van der Waals surface area contributed by atoms with Crippen LogP contribution in [0, 0.1) is 0 Å². The first-order valence-corrected chi connectivity index (χ1v) is 7.72. The average Bonchev–Trinajstić information content (AvgIpc) is 2.97. The Morgan fingerprint density at radius 1 is 1.09 bits per heavy atom. The number of carbonyl (C=O) groups excluding carboxylic acids is 1. The highest BCUT2D eigenvalue weighted by Gasteiger charge is 2.26. The molecule has 0 aliphatic carbocycles. The first kappa shape index (κ1) is 16.9. The second-order valence-corrected chi connectivity index (χ2v) is 5.37. The minimum Gasteiger partial charge on any atom is -0.463 e. The van der Waals surface area contributed by atoms with Crippen molar-refractivity contribution in [2.24, 2.45) is 0 Å². The lowest BCUT2D eigenvalue weighted by molar-refractivity contribution is -0.145. The Kier molecular flexibility index (Phi) is 7.36. The summed E-state index contributed by atoms with van der Waals surface area (Å²) in [5.41, 5.74) is 1.16. The van der Waals surface area contributed by atoms with Gasteiger partial charge >= 0.3 is 5.97 Å². The van der Waals surface area contributed by atoms with Gasteiger partial charge in [0.15, 0.2) is 0 Å². The highest BCUT2D eigenvalue weighted by Crippen LogP contribution is 2.20. The molecule has 0 amide bonds. The molecule has 122 valence electrons. The zero-order valence-corrected chi connectivity index (χ0v) is 13.0. The van der Waals surface area contributed by atoms with E-state index in [9.17, 15) is 4.79 Å². The van der Waals surface area contributed by atoms with E-state index in [1.165, 1.54) is 6.92 Å². The highest BCUT2D eigenvalue weighted by molar-refractivity contribution is 5.65. The zero-order chi connectivity index (χ0) is 15.6. The van der Waals surface area contributed by atoms with Gasteiger partial charge in [-0.3, -0.25) is 4.79 Å². The summed E-state index contributed by atoms with van der Waals surface area (Å²) in [7, 11) is 0. The topological polar surface area (TPSA) is 54.0 Å². The first-order chi connectivity index (χ1) is 10.7. The lowest BCUT2D eigenvalue weighted by atomic mass is 10.2. The summed E-state index contributed by atoms with van der Waals surface area (Å²) >= 11 is 0. The minimum absolute atomic E-state index is 0.00632. The molecule has 1 aromatic carbocycles. The Hall–Kier alpha value is -1.43. The van der Waals surface area contributed by atoms with E-state index in [0.29, 0.717) is 33.0 Å². The van der Waals surface area contributed by atoms with Crippen molar-refractivity contribution < 1.29 is 23.7 Å². The molecule has 22 heavy (non-hydrogen) atoms. The van der Waals surface area contributed by atoms with Crippen molar-refractivity contribution in [1.82, 2.24) is 0 Å². The molecule has 5 nitrogen and oxygen atoms in total. The van der Waals surface area contributed by atoms with Crippen LogP contribution < -0.4 is 0 Å². The largest absolute Gasteiger partial charge is 0.463 e. The maximum Gasteiger partial charge on any atom is 0.302 e. The molecule has 1 aliphatic heterocycles. The van der Waals surface area contributed by atoms with E-state index >= 15 is 0 Å². The molecule has 5 heteroatoms. The van der Waals surface area contributed by atoms with Gasteiger partial charge in [-0.25, -0.2) is 0 Å². The molecule has 0 unspecified atom stereocenters. The summed E-state index contributed by atoms with van der Waals surface area (Å²) < 4.78 is 21.8. The van der Waals surface area contributed by atoms with Gasteiger partial charge in [0.05, 0.1) is 38.6 Å². The normalized spacial score (nSPS) is 21.0. The van der Waals surface area contributed by atoms with E-state index in [-0.39, 0.29) is 18.2 Å². The summed E-state index contributed by atoms with van der Waals surface area (Å²) in [6.45, 7) is 4.04. The molecule has 0 spiro atoms. The Morgan fingerprint density at radius 3 is 2.50 bits per heavy atom. The number of hydrogen-bond acceptors (Lipinski definition) is 5. The molecule has 2 atom stereocenters. The average molecular weight is 308 g/mol. The summed E-state index contributed by atoms with van der Waals surface area (Å²) in [6, 6.07) is 10.1. The Morgan fingerprint density at radius 2 is 1.77 bits per heavy atom. The third-order valence-corrected chi connectivity index (χ3v) is 3.46. The second-order valence-electron chi connectivity index (χ2n) is 5.37. The third kappa shape index (κ3) is 6.56. The number of rotatable bonds is 9. The Balaban J connectivity index is 1.46. The van der Waals surface area contributed by atoms with Gasteiger partial charge in [-0.1, -0.05) is 30.3 Å². The van der Waals surface area contributed by atoms with E-state index in [4.69, 9.17) is 18.9 Å². The molecule has 0 saturated carbocycles. The van der Waals surface area contributed by atoms with Gasteiger partial charge in [0.1, 0.15) is 6.61 Å². The van der Waals surface area contributed by atoms with Crippen LogP contribution in [0.1, 0.15) is 25.3 Å². The molecule has 0 aromatic heterocycles. The van der Waals surface area contributed by atoms with E-state index in [1.54, 1.807) is 0 Å². The van der Waals surface area contributed by atoms with Crippen molar-refractivity contribution in [3.8, 4) is 0 Å². The summed E-state index contributed by atoms with van der Waals surface area (Å²) in [4.78, 5) is 10.7. The molecule has 1 heterocycles. The molecule has 1 aliphatic rings. The van der Waals surface area contributed by atoms with Crippen molar-refractivity contribution in [3.63, 3.8) is 0 Å².